The molecule has 0 spiro atoms. The van der Waals surface area contributed by atoms with Crippen LogP contribution in [0.3, 0.4) is 0 Å². The second-order valence-electron chi connectivity index (χ2n) is 4.96. The van der Waals surface area contributed by atoms with Crippen molar-refractivity contribution in [1.82, 2.24) is 0 Å². The van der Waals surface area contributed by atoms with Crippen LogP contribution in [0.15, 0.2) is 71.1 Å². The Balaban J connectivity index is 1.88. The Morgan fingerprint density at radius 1 is 0.818 bits per heavy atom. The zero-order valence-electron chi connectivity index (χ0n) is 12.7. The molecule has 2 aromatic carbocycles. The van der Waals surface area contributed by atoms with E-state index in [1.54, 1.807) is 14.2 Å². The smallest absolute Gasteiger partial charge is 0.140 e. The van der Waals surface area contributed by atoms with Gasteiger partial charge in [0, 0.05) is 12.7 Å². The molecule has 1 aromatic heterocycles. The summed E-state index contributed by atoms with van der Waals surface area (Å²) in [6, 6.07) is 21.8. The van der Waals surface area contributed by atoms with E-state index in [2.05, 4.69) is 0 Å². The summed E-state index contributed by atoms with van der Waals surface area (Å²) in [5.41, 5.74) is 2.08. The number of benzene rings is 2. The van der Waals surface area contributed by atoms with Crippen molar-refractivity contribution < 1.29 is 13.9 Å². The molecule has 22 heavy (non-hydrogen) atoms. The van der Waals surface area contributed by atoms with Gasteiger partial charge >= 0.3 is 0 Å². The van der Waals surface area contributed by atoms with E-state index in [-0.39, 0.29) is 6.10 Å². The standard InChI is InChI=1S/C19H18O3/c1-20-16-10-8-14(9-11-16)17-12-13-18(22-17)19(21-2)15-6-4-3-5-7-15/h3-13,19H,1-2H3. The van der Waals surface area contributed by atoms with Gasteiger partial charge < -0.3 is 13.9 Å². The van der Waals surface area contributed by atoms with Crippen LogP contribution in [-0.2, 0) is 4.74 Å². The van der Waals surface area contributed by atoms with E-state index in [4.69, 9.17) is 13.9 Å². The molecule has 0 radical (unpaired) electrons. The largest absolute Gasteiger partial charge is 0.497 e. The summed E-state index contributed by atoms with van der Waals surface area (Å²) < 4.78 is 16.8. The highest BCUT2D eigenvalue weighted by atomic mass is 16.5. The lowest BCUT2D eigenvalue weighted by molar-refractivity contribution is 0.117. The molecule has 1 heterocycles. The van der Waals surface area contributed by atoms with Crippen LogP contribution in [0.5, 0.6) is 5.75 Å². The third kappa shape index (κ3) is 2.90. The normalized spacial score (nSPS) is 12.1. The highest BCUT2D eigenvalue weighted by Gasteiger charge is 2.17. The molecule has 0 aliphatic carbocycles. The van der Waals surface area contributed by atoms with Crippen LogP contribution in [0, 0.1) is 0 Å². The molecule has 0 saturated carbocycles. The first kappa shape index (κ1) is 14.4. The average Bonchev–Trinajstić information content (AvgIpc) is 3.06. The Labute approximate surface area is 130 Å². The Hall–Kier alpha value is -2.52. The second-order valence-corrected chi connectivity index (χ2v) is 4.96. The Morgan fingerprint density at radius 2 is 1.55 bits per heavy atom. The maximum Gasteiger partial charge on any atom is 0.140 e. The Morgan fingerprint density at radius 3 is 2.18 bits per heavy atom. The molecule has 0 amide bonds. The SMILES string of the molecule is COc1ccc(-c2ccc(C(OC)c3ccccc3)o2)cc1. The minimum atomic E-state index is -0.201. The van der Waals surface area contributed by atoms with Gasteiger partial charge in [-0.1, -0.05) is 30.3 Å². The molecule has 112 valence electrons. The molecule has 1 atom stereocenters. The van der Waals surface area contributed by atoms with Crippen LogP contribution in [0.1, 0.15) is 17.4 Å². The molecule has 3 nitrogen and oxygen atoms in total. The van der Waals surface area contributed by atoms with Crippen molar-refractivity contribution in [3.8, 4) is 17.1 Å². The van der Waals surface area contributed by atoms with Crippen molar-refractivity contribution in [2.75, 3.05) is 14.2 Å². The summed E-state index contributed by atoms with van der Waals surface area (Å²) in [5, 5.41) is 0. The van der Waals surface area contributed by atoms with E-state index < -0.39 is 0 Å². The third-order valence-electron chi connectivity index (χ3n) is 3.60. The van der Waals surface area contributed by atoms with Crippen LogP contribution in [0.25, 0.3) is 11.3 Å². The van der Waals surface area contributed by atoms with E-state index in [1.807, 2.05) is 66.7 Å². The van der Waals surface area contributed by atoms with Gasteiger partial charge in [-0.15, -0.1) is 0 Å². The van der Waals surface area contributed by atoms with Crippen LogP contribution >= 0.6 is 0 Å². The Kier molecular flexibility index (Phi) is 4.26. The highest BCUT2D eigenvalue weighted by Crippen LogP contribution is 2.31. The average molecular weight is 294 g/mol. The minimum absolute atomic E-state index is 0.201. The molecule has 0 bridgehead atoms. The molecule has 0 fully saturated rings. The first-order valence-corrected chi connectivity index (χ1v) is 7.13. The monoisotopic (exact) mass is 294 g/mol. The zero-order valence-corrected chi connectivity index (χ0v) is 12.7. The molecule has 0 aliphatic rings. The Bertz CT molecular complexity index is 714. The van der Waals surface area contributed by atoms with E-state index in [0.717, 1.165) is 28.4 Å². The number of hydrogen-bond acceptors (Lipinski definition) is 3. The number of methoxy groups -OCH3 is 2. The summed E-state index contributed by atoms with van der Waals surface area (Å²) in [7, 11) is 3.34. The summed E-state index contributed by atoms with van der Waals surface area (Å²) in [4.78, 5) is 0. The van der Waals surface area contributed by atoms with Gasteiger partial charge in [0.25, 0.3) is 0 Å². The second kappa shape index (κ2) is 6.50. The number of hydrogen-bond donors (Lipinski definition) is 0. The van der Waals surface area contributed by atoms with Gasteiger partial charge in [-0.05, 0) is 42.0 Å². The van der Waals surface area contributed by atoms with Crippen LogP contribution in [-0.4, -0.2) is 14.2 Å². The van der Waals surface area contributed by atoms with Gasteiger partial charge in [-0.3, -0.25) is 0 Å². The summed E-state index contributed by atoms with van der Waals surface area (Å²) in [6.07, 6.45) is -0.201. The van der Waals surface area contributed by atoms with Crippen LogP contribution in [0.4, 0.5) is 0 Å². The number of ether oxygens (including phenoxy) is 2. The summed E-state index contributed by atoms with van der Waals surface area (Å²) in [6.45, 7) is 0. The maximum absolute atomic E-state index is 5.98. The molecule has 1 unspecified atom stereocenters. The van der Waals surface area contributed by atoms with Crippen molar-refractivity contribution in [2.45, 2.75) is 6.10 Å². The maximum atomic E-state index is 5.98. The lowest BCUT2D eigenvalue weighted by atomic mass is 10.1. The molecule has 0 N–H and O–H groups in total. The highest BCUT2D eigenvalue weighted by molar-refractivity contribution is 5.58. The van der Waals surface area contributed by atoms with Gasteiger partial charge in [0.2, 0.25) is 0 Å². The molecular formula is C19H18O3. The quantitative estimate of drug-likeness (QED) is 0.684. The van der Waals surface area contributed by atoms with Crippen LogP contribution < -0.4 is 4.74 Å². The molecule has 3 aromatic rings. The fourth-order valence-electron chi connectivity index (χ4n) is 2.45. The van der Waals surface area contributed by atoms with Gasteiger partial charge in [0.15, 0.2) is 0 Å². The number of rotatable bonds is 5. The summed E-state index contributed by atoms with van der Waals surface area (Å²) in [5.74, 6) is 2.43. The lowest BCUT2D eigenvalue weighted by Crippen LogP contribution is -2.01. The van der Waals surface area contributed by atoms with Crippen molar-refractivity contribution >= 4 is 0 Å². The third-order valence-corrected chi connectivity index (χ3v) is 3.60. The van der Waals surface area contributed by atoms with E-state index in [9.17, 15) is 0 Å². The van der Waals surface area contributed by atoms with Crippen molar-refractivity contribution in [3.63, 3.8) is 0 Å². The first-order valence-electron chi connectivity index (χ1n) is 7.13. The molecular weight excluding hydrogens is 276 g/mol. The van der Waals surface area contributed by atoms with Crippen LogP contribution in [0.2, 0.25) is 0 Å². The van der Waals surface area contributed by atoms with E-state index in [0.29, 0.717) is 0 Å². The fourth-order valence-corrected chi connectivity index (χ4v) is 2.45. The predicted octanol–water partition coefficient (Wildman–Crippen LogP) is 4.69. The van der Waals surface area contributed by atoms with E-state index >= 15 is 0 Å². The zero-order chi connectivity index (χ0) is 15.4. The van der Waals surface area contributed by atoms with Crippen molar-refractivity contribution in [2.24, 2.45) is 0 Å². The predicted molar refractivity (Wildman–Crippen MR) is 86.0 cm³/mol. The topological polar surface area (TPSA) is 31.6 Å². The van der Waals surface area contributed by atoms with Gasteiger partial charge in [-0.2, -0.15) is 0 Å². The molecule has 0 aliphatic heterocycles. The van der Waals surface area contributed by atoms with E-state index in [1.165, 1.54) is 0 Å². The van der Waals surface area contributed by atoms with Gasteiger partial charge in [0.05, 0.1) is 7.11 Å². The number of furan rings is 1. The van der Waals surface area contributed by atoms with Gasteiger partial charge in [-0.25, -0.2) is 0 Å². The molecule has 3 rings (SSSR count). The fraction of sp³-hybridized carbons (Fsp3) is 0.158. The minimum Gasteiger partial charge on any atom is -0.497 e. The molecule has 3 heteroatoms. The first-order chi connectivity index (χ1) is 10.8. The summed E-state index contributed by atoms with van der Waals surface area (Å²) >= 11 is 0. The van der Waals surface area contributed by atoms with Crippen molar-refractivity contribution in [1.29, 1.82) is 0 Å². The molecule has 0 saturated heterocycles. The lowest BCUT2D eigenvalue weighted by Gasteiger charge is -2.13. The van der Waals surface area contributed by atoms with Gasteiger partial charge in [0.1, 0.15) is 23.4 Å². The van der Waals surface area contributed by atoms with Crippen molar-refractivity contribution in [3.05, 3.63) is 78.1 Å².